The first-order chi connectivity index (χ1) is 23.4. The lowest BCUT2D eigenvalue weighted by molar-refractivity contribution is 0.0698. The van der Waals surface area contributed by atoms with Crippen LogP contribution in [-0.2, 0) is 27.1 Å². The van der Waals surface area contributed by atoms with Crippen LogP contribution in [0, 0.1) is 27.7 Å². The van der Waals surface area contributed by atoms with Gasteiger partial charge in [0.05, 0.1) is 33.9 Å². The van der Waals surface area contributed by atoms with Gasteiger partial charge in [0.1, 0.15) is 11.4 Å². The number of halogens is 2. The number of nitrogens with zero attached hydrogens (tertiary/aromatic N) is 5. The van der Waals surface area contributed by atoms with Gasteiger partial charge in [-0.3, -0.25) is 9.48 Å². The molecule has 9 nitrogen and oxygen atoms in total. The number of fused-ring (bicyclic) bond motifs is 4. The van der Waals surface area contributed by atoms with Gasteiger partial charge in [0.25, 0.3) is 5.91 Å². The Bertz CT molecular complexity index is 2320. The highest BCUT2D eigenvalue weighted by Gasteiger charge is 2.34. The van der Waals surface area contributed by atoms with Gasteiger partial charge in [-0.15, -0.1) is 0 Å². The van der Waals surface area contributed by atoms with E-state index in [9.17, 15) is 14.7 Å². The van der Waals surface area contributed by atoms with E-state index in [0.717, 1.165) is 66.4 Å². The predicted octanol–water partition coefficient (Wildman–Crippen LogP) is 8.44. The van der Waals surface area contributed by atoms with Crippen LogP contribution in [-0.4, -0.2) is 49.0 Å². The summed E-state index contributed by atoms with van der Waals surface area (Å²) < 4.78 is 12.0. The number of carbonyl (C=O) groups is 2. The highest BCUT2D eigenvalue weighted by Crippen LogP contribution is 2.43. The minimum atomic E-state index is -1.04. The van der Waals surface area contributed by atoms with Crippen molar-refractivity contribution in [1.29, 1.82) is 0 Å². The number of ether oxygens (including phenoxy) is 1. The molecule has 1 N–H and O–H groups in total. The Morgan fingerprint density at radius 3 is 2.37 bits per heavy atom. The second kappa shape index (κ2) is 12.3. The summed E-state index contributed by atoms with van der Waals surface area (Å²) in [6.45, 7) is 9.22. The molecule has 49 heavy (non-hydrogen) atoms. The molecule has 3 aromatic heterocycles. The Morgan fingerprint density at radius 1 is 0.959 bits per heavy atom. The van der Waals surface area contributed by atoms with Gasteiger partial charge in [-0.1, -0.05) is 29.3 Å². The van der Waals surface area contributed by atoms with Crippen LogP contribution in [0.3, 0.4) is 0 Å². The van der Waals surface area contributed by atoms with E-state index < -0.39 is 5.97 Å². The van der Waals surface area contributed by atoms with Gasteiger partial charge in [-0.05, 0) is 93.6 Å². The number of benzene rings is 3. The third-order valence-corrected chi connectivity index (χ3v) is 10.7. The quantitative estimate of drug-likeness (QED) is 0.161. The molecule has 0 radical (unpaired) electrons. The number of aryl methyl sites for hydroxylation is 6. The maximum absolute atomic E-state index is 14.7. The van der Waals surface area contributed by atoms with Gasteiger partial charge in [-0.25, -0.2) is 4.79 Å². The molecule has 6 aromatic rings. The molecule has 0 bridgehead atoms. The Morgan fingerprint density at radius 2 is 1.69 bits per heavy atom. The second-order valence-electron chi connectivity index (χ2n) is 12.9. The van der Waals surface area contributed by atoms with E-state index in [0.29, 0.717) is 54.3 Å². The number of anilines is 1. The monoisotopic (exact) mass is 697 g/mol. The number of carboxylic acid groups (broad SMARTS) is 1. The molecule has 0 spiro atoms. The van der Waals surface area contributed by atoms with Crippen molar-refractivity contribution in [2.45, 2.75) is 47.1 Å². The van der Waals surface area contributed by atoms with E-state index in [-0.39, 0.29) is 11.5 Å². The van der Waals surface area contributed by atoms with Crippen LogP contribution in [0.1, 0.15) is 55.3 Å². The lowest BCUT2D eigenvalue weighted by atomic mass is 9.98. The molecule has 0 unspecified atom stereocenters. The summed E-state index contributed by atoms with van der Waals surface area (Å²) in [6, 6.07) is 13.1. The Hall–Kier alpha value is -4.73. The largest absolute Gasteiger partial charge is 0.494 e. The number of carbonyl (C=O) groups excluding carboxylic acids is 1. The number of amides is 1. The van der Waals surface area contributed by atoms with Crippen molar-refractivity contribution in [3.8, 4) is 16.9 Å². The van der Waals surface area contributed by atoms with Gasteiger partial charge < -0.3 is 23.9 Å². The minimum Gasteiger partial charge on any atom is -0.494 e. The average molecular weight is 699 g/mol. The molecule has 3 aromatic carbocycles. The van der Waals surface area contributed by atoms with E-state index in [2.05, 4.69) is 9.67 Å². The van der Waals surface area contributed by atoms with Crippen LogP contribution in [0.25, 0.3) is 32.9 Å². The summed E-state index contributed by atoms with van der Waals surface area (Å²) in [7, 11) is 3.78. The average Bonchev–Trinajstić information content (AvgIpc) is 3.68. The first kappa shape index (κ1) is 32.8. The maximum atomic E-state index is 14.7. The first-order valence-electron chi connectivity index (χ1n) is 16.2. The third-order valence-electron chi connectivity index (χ3n) is 9.81. The van der Waals surface area contributed by atoms with Crippen molar-refractivity contribution in [2.24, 2.45) is 14.1 Å². The third kappa shape index (κ3) is 5.36. The fourth-order valence-corrected chi connectivity index (χ4v) is 7.74. The molecule has 4 heterocycles. The molecule has 0 saturated carbocycles. The first-order valence-corrected chi connectivity index (χ1v) is 17.0. The van der Waals surface area contributed by atoms with Gasteiger partial charge in [-0.2, -0.15) is 5.10 Å². The number of hydrogen-bond donors (Lipinski definition) is 1. The predicted molar refractivity (Wildman–Crippen MR) is 195 cm³/mol. The van der Waals surface area contributed by atoms with Crippen LogP contribution in [0.15, 0.2) is 48.7 Å². The summed E-state index contributed by atoms with van der Waals surface area (Å²) in [4.78, 5) is 28.8. The fourth-order valence-electron chi connectivity index (χ4n) is 7.38. The summed E-state index contributed by atoms with van der Waals surface area (Å²) in [6.07, 6.45) is 3.06. The molecular formula is C38H37Cl2N5O4. The van der Waals surface area contributed by atoms with Crippen LogP contribution in [0.4, 0.5) is 5.69 Å². The number of carboxylic acids is 1. The number of hydrogen-bond acceptors (Lipinski definition) is 4. The number of rotatable bonds is 8. The molecule has 0 atom stereocenters. The summed E-state index contributed by atoms with van der Waals surface area (Å²) in [5, 5.41) is 17.7. The molecule has 7 rings (SSSR count). The van der Waals surface area contributed by atoms with Crippen molar-refractivity contribution in [2.75, 3.05) is 18.1 Å². The van der Waals surface area contributed by atoms with Crippen LogP contribution in [0.5, 0.6) is 5.75 Å². The zero-order valence-corrected chi connectivity index (χ0v) is 29.8. The zero-order chi connectivity index (χ0) is 34.9. The molecule has 0 aliphatic carbocycles. The summed E-state index contributed by atoms with van der Waals surface area (Å²) in [5.41, 5.74) is 9.41. The standard InChI is InChI=1S/C38H37Cl2N5O4/c1-20-16-25(17-21(2)34(20)40)49-15-7-8-27-28-9-10-30(39)33(32-22(3)41-43(6)23(32)4)35(28)45-14-13-44(37(46)36(27)45)24-18-29(38(47)48)26-11-12-42(5)31(26)19-24/h9-12,16-19H,7-8,13-15H2,1-6H3,(H,47,48). The second-order valence-corrected chi connectivity index (χ2v) is 13.7. The van der Waals surface area contributed by atoms with Crippen molar-refractivity contribution in [1.82, 2.24) is 18.9 Å². The zero-order valence-electron chi connectivity index (χ0n) is 28.3. The van der Waals surface area contributed by atoms with E-state index in [1.807, 2.05) is 87.6 Å². The van der Waals surface area contributed by atoms with Crippen LogP contribution >= 0.6 is 23.2 Å². The molecule has 0 saturated heterocycles. The maximum Gasteiger partial charge on any atom is 0.336 e. The molecule has 0 fully saturated rings. The van der Waals surface area contributed by atoms with E-state index in [1.165, 1.54) is 0 Å². The minimum absolute atomic E-state index is 0.161. The van der Waals surface area contributed by atoms with E-state index in [4.69, 9.17) is 27.9 Å². The highest BCUT2D eigenvalue weighted by molar-refractivity contribution is 6.35. The van der Waals surface area contributed by atoms with Crippen molar-refractivity contribution in [3.63, 3.8) is 0 Å². The van der Waals surface area contributed by atoms with Gasteiger partial charge in [0.2, 0.25) is 0 Å². The van der Waals surface area contributed by atoms with Crippen molar-refractivity contribution < 1.29 is 19.4 Å². The van der Waals surface area contributed by atoms with E-state index >= 15 is 0 Å². The van der Waals surface area contributed by atoms with Crippen LogP contribution in [0.2, 0.25) is 10.0 Å². The van der Waals surface area contributed by atoms with Crippen LogP contribution < -0.4 is 9.64 Å². The summed E-state index contributed by atoms with van der Waals surface area (Å²) in [5.74, 6) is -0.467. The lowest BCUT2D eigenvalue weighted by Crippen LogP contribution is -2.40. The summed E-state index contributed by atoms with van der Waals surface area (Å²) >= 11 is 13.4. The smallest absolute Gasteiger partial charge is 0.336 e. The normalized spacial score (nSPS) is 13.1. The molecule has 1 amide bonds. The number of aromatic nitrogens is 4. The van der Waals surface area contributed by atoms with Crippen molar-refractivity contribution >= 4 is 62.6 Å². The van der Waals surface area contributed by atoms with Crippen molar-refractivity contribution in [3.05, 3.63) is 98.0 Å². The SMILES string of the molecule is Cc1cc(OCCCc2c3n(c4c(-c5c(C)nn(C)c5C)c(Cl)ccc24)CCN(c2cc(C(=O)O)c4ccn(C)c4c2)C3=O)cc(C)c1Cl. The molecule has 1 aliphatic heterocycles. The van der Waals surface area contributed by atoms with E-state index in [1.54, 1.807) is 17.0 Å². The topological polar surface area (TPSA) is 94.5 Å². The molecular weight excluding hydrogens is 661 g/mol. The van der Waals surface area contributed by atoms with Gasteiger partial charge in [0, 0.05) is 71.7 Å². The number of aromatic carboxylic acids is 1. The molecule has 1 aliphatic rings. The Balaban J connectivity index is 1.35. The fraction of sp³-hybridized carbons (Fsp3) is 0.289. The Kier molecular flexibility index (Phi) is 8.24. The van der Waals surface area contributed by atoms with Gasteiger partial charge >= 0.3 is 5.97 Å². The Labute approximate surface area is 294 Å². The van der Waals surface area contributed by atoms with Gasteiger partial charge in [0.15, 0.2) is 0 Å². The molecule has 11 heteroatoms. The highest BCUT2D eigenvalue weighted by atomic mass is 35.5. The lowest BCUT2D eigenvalue weighted by Gasteiger charge is -2.30. The molecule has 252 valence electrons.